The molecule has 0 amide bonds. The summed E-state index contributed by atoms with van der Waals surface area (Å²) in [6.45, 7) is 2.12. The van der Waals surface area contributed by atoms with Gasteiger partial charge < -0.3 is 9.47 Å². The van der Waals surface area contributed by atoms with Crippen LogP contribution >= 0.6 is 0 Å². The van der Waals surface area contributed by atoms with Crippen LogP contribution in [-0.4, -0.2) is 6.29 Å². The lowest BCUT2D eigenvalue weighted by atomic mass is 9.88. The number of hydrogen-bond acceptors (Lipinski definition) is 2. The van der Waals surface area contributed by atoms with Crippen molar-refractivity contribution in [3.8, 4) is 0 Å². The molecule has 2 aliphatic heterocycles. The zero-order valence-electron chi connectivity index (χ0n) is 8.01. The van der Waals surface area contributed by atoms with E-state index in [2.05, 4.69) is 37.3 Å². The minimum Gasteiger partial charge on any atom is -0.472 e. The highest BCUT2D eigenvalue weighted by atomic mass is 16.7. The molecule has 2 aliphatic rings. The Kier molecular flexibility index (Phi) is 1.64. The van der Waals surface area contributed by atoms with Gasteiger partial charge in [0, 0.05) is 0 Å². The van der Waals surface area contributed by atoms with Gasteiger partial charge in [0.15, 0.2) is 0 Å². The maximum atomic E-state index is 5.65. The van der Waals surface area contributed by atoms with E-state index in [4.69, 9.17) is 9.47 Å². The van der Waals surface area contributed by atoms with Crippen molar-refractivity contribution in [1.29, 1.82) is 0 Å². The first-order valence-electron chi connectivity index (χ1n) is 4.89. The predicted molar refractivity (Wildman–Crippen MR) is 52.5 cm³/mol. The van der Waals surface area contributed by atoms with Crippen molar-refractivity contribution < 1.29 is 9.47 Å². The van der Waals surface area contributed by atoms with Crippen LogP contribution in [0.2, 0.25) is 0 Å². The van der Waals surface area contributed by atoms with E-state index in [1.807, 2.05) is 0 Å². The number of aryl methyl sites for hydroxylation is 1. The van der Waals surface area contributed by atoms with Gasteiger partial charge in [-0.05, 0) is 24.1 Å². The molecule has 1 saturated heterocycles. The Labute approximate surface area is 83.1 Å². The van der Waals surface area contributed by atoms with Gasteiger partial charge >= 0.3 is 0 Å². The van der Waals surface area contributed by atoms with Crippen LogP contribution in [0.3, 0.4) is 0 Å². The third-order valence-corrected chi connectivity index (χ3v) is 2.95. The first kappa shape index (κ1) is 8.06. The van der Waals surface area contributed by atoms with E-state index < -0.39 is 0 Å². The van der Waals surface area contributed by atoms with Crippen molar-refractivity contribution in [3.63, 3.8) is 0 Å². The lowest BCUT2D eigenvalue weighted by Gasteiger charge is -2.39. The Morgan fingerprint density at radius 3 is 2.86 bits per heavy atom. The van der Waals surface area contributed by atoms with E-state index in [0.717, 1.165) is 0 Å². The van der Waals surface area contributed by atoms with Crippen LogP contribution in [-0.2, 0) is 9.47 Å². The third kappa shape index (κ3) is 1.01. The van der Waals surface area contributed by atoms with Gasteiger partial charge in [-0.2, -0.15) is 0 Å². The molecule has 2 nitrogen and oxygen atoms in total. The van der Waals surface area contributed by atoms with Crippen molar-refractivity contribution in [2.45, 2.75) is 19.3 Å². The minimum absolute atomic E-state index is 0.0281. The van der Waals surface area contributed by atoms with Gasteiger partial charge in [0.05, 0.1) is 18.3 Å². The van der Waals surface area contributed by atoms with Crippen LogP contribution in [0.15, 0.2) is 36.6 Å². The highest BCUT2D eigenvalue weighted by molar-refractivity contribution is 5.31. The first-order chi connectivity index (χ1) is 6.86. The average Bonchev–Trinajstić information content (AvgIpc) is 2.52. The van der Waals surface area contributed by atoms with E-state index in [-0.39, 0.29) is 12.4 Å². The predicted octanol–water partition coefficient (Wildman–Crippen LogP) is 2.55. The van der Waals surface area contributed by atoms with Gasteiger partial charge in [0.25, 0.3) is 0 Å². The Morgan fingerprint density at radius 2 is 2.07 bits per heavy atom. The molecule has 0 radical (unpaired) electrons. The highest BCUT2D eigenvalue weighted by Gasteiger charge is 2.46. The number of hydrogen-bond donors (Lipinski definition) is 0. The molecule has 2 heteroatoms. The zero-order chi connectivity index (χ0) is 9.54. The summed E-state index contributed by atoms with van der Waals surface area (Å²) in [5, 5.41) is 0. The van der Waals surface area contributed by atoms with E-state index in [9.17, 15) is 0 Å². The summed E-state index contributed by atoms with van der Waals surface area (Å²) in [7, 11) is 0. The van der Waals surface area contributed by atoms with Crippen LogP contribution in [0.5, 0.6) is 0 Å². The van der Waals surface area contributed by atoms with Gasteiger partial charge in [0.2, 0.25) is 6.29 Å². The number of ether oxygens (including phenoxy) is 2. The maximum absolute atomic E-state index is 5.65. The van der Waals surface area contributed by atoms with Crippen LogP contribution in [0, 0.1) is 12.8 Å². The smallest absolute Gasteiger partial charge is 0.208 e. The largest absolute Gasteiger partial charge is 0.472 e. The molecule has 0 aliphatic carbocycles. The summed E-state index contributed by atoms with van der Waals surface area (Å²) < 4.78 is 10.9. The topological polar surface area (TPSA) is 18.5 Å². The second kappa shape index (κ2) is 2.85. The molecule has 0 bridgehead atoms. The first-order valence-corrected chi connectivity index (χ1v) is 4.89. The Morgan fingerprint density at radius 1 is 1.21 bits per heavy atom. The lowest BCUT2D eigenvalue weighted by molar-refractivity contribution is -0.258. The van der Waals surface area contributed by atoms with E-state index >= 15 is 0 Å². The van der Waals surface area contributed by atoms with Crippen LogP contribution < -0.4 is 0 Å². The normalized spacial score (nSPS) is 33.4. The minimum atomic E-state index is -0.0281. The number of rotatable bonds is 1. The van der Waals surface area contributed by atoms with Crippen LogP contribution in [0.4, 0.5) is 0 Å². The fraction of sp³-hybridized carbons (Fsp3) is 0.333. The molecule has 0 saturated carbocycles. The van der Waals surface area contributed by atoms with Crippen molar-refractivity contribution in [3.05, 3.63) is 47.7 Å². The Balaban J connectivity index is 1.90. The number of fused-ring (bicyclic) bond motifs is 1. The standard InChI is InChI=1S/C12H12O2/c1-8-4-2-3-5-9(8)11-10-6-7-13-12(10)14-11/h2-7,10-12H,1H3. The summed E-state index contributed by atoms with van der Waals surface area (Å²) in [4.78, 5) is 0. The third-order valence-electron chi connectivity index (χ3n) is 2.95. The Hall–Kier alpha value is -1.28. The molecule has 72 valence electrons. The molecule has 1 aromatic carbocycles. The van der Waals surface area contributed by atoms with E-state index in [1.54, 1.807) is 6.26 Å². The monoisotopic (exact) mass is 188 g/mol. The highest BCUT2D eigenvalue weighted by Crippen LogP contribution is 2.45. The van der Waals surface area contributed by atoms with Crippen molar-refractivity contribution in [2.24, 2.45) is 5.92 Å². The average molecular weight is 188 g/mol. The molecule has 1 aromatic rings. The van der Waals surface area contributed by atoms with Gasteiger partial charge in [0.1, 0.15) is 0 Å². The molecule has 0 aromatic heterocycles. The molecule has 1 fully saturated rings. The van der Waals surface area contributed by atoms with Crippen molar-refractivity contribution in [1.82, 2.24) is 0 Å². The molecule has 3 unspecified atom stereocenters. The second-order valence-corrected chi connectivity index (χ2v) is 3.82. The number of benzene rings is 1. The summed E-state index contributed by atoms with van der Waals surface area (Å²) >= 11 is 0. The van der Waals surface area contributed by atoms with Gasteiger partial charge in [-0.3, -0.25) is 0 Å². The van der Waals surface area contributed by atoms with Crippen molar-refractivity contribution in [2.75, 3.05) is 0 Å². The molecule has 14 heavy (non-hydrogen) atoms. The molecule has 0 N–H and O–H groups in total. The fourth-order valence-corrected chi connectivity index (χ4v) is 2.09. The van der Waals surface area contributed by atoms with Gasteiger partial charge in [-0.25, -0.2) is 0 Å². The van der Waals surface area contributed by atoms with Crippen LogP contribution in [0.1, 0.15) is 17.2 Å². The summed E-state index contributed by atoms with van der Waals surface area (Å²) in [5.41, 5.74) is 2.57. The summed E-state index contributed by atoms with van der Waals surface area (Å²) in [6.07, 6.45) is 4.00. The lowest BCUT2D eigenvalue weighted by Crippen LogP contribution is -2.40. The molecule has 0 spiro atoms. The second-order valence-electron chi connectivity index (χ2n) is 3.82. The van der Waals surface area contributed by atoms with Crippen molar-refractivity contribution >= 4 is 0 Å². The molecule has 2 heterocycles. The molecule has 3 atom stereocenters. The van der Waals surface area contributed by atoms with E-state index in [0.29, 0.717) is 5.92 Å². The molecule has 3 rings (SSSR count). The summed E-state index contributed by atoms with van der Waals surface area (Å²) in [5.74, 6) is 0.413. The molecular formula is C12H12O2. The SMILES string of the molecule is Cc1ccccc1C1OC2OC=CC21. The quantitative estimate of drug-likeness (QED) is 0.674. The van der Waals surface area contributed by atoms with Gasteiger partial charge in [-0.1, -0.05) is 24.3 Å². The zero-order valence-corrected chi connectivity index (χ0v) is 8.01. The Bertz CT molecular complexity index is 384. The van der Waals surface area contributed by atoms with Crippen LogP contribution in [0.25, 0.3) is 0 Å². The van der Waals surface area contributed by atoms with Gasteiger partial charge in [-0.15, -0.1) is 0 Å². The molecular weight excluding hydrogens is 176 g/mol. The maximum Gasteiger partial charge on any atom is 0.208 e. The summed E-state index contributed by atoms with van der Waals surface area (Å²) in [6, 6.07) is 8.35. The fourth-order valence-electron chi connectivity index (χ4n) is 2.09. The van der Waals surface area contributed by atoms with E-state index in [1.165, 1.54) is 11.1 Å².